The number of carbonyl (C=O) groups excluding carboxylic acids is 2. The average Bonchev–Trinajstić information content (AvgIpc) is 2.60. The van der Waals surface area contributed by atoms with Crippen molar-refractivity contribution in [2.45, 2.75) is 39.3 Å². The van der Waals surface area contributed by atoms with Crippen LogP contribution in [0.4, 0.5) is 0 Å². The van der Waals surface area contributed by atoms with Gasteiger partial charge in [0.05, 0.1) is 25.0 Å². The van der Waals surface area contributed by atoms with Gasteiger partial charge in [-0.1, -0.05) is 11.8 Å². The number of aromatic amines is 1. The Balaban J connectivity index is 2.18. The summed E-state index contributed by atoms with van der Waals surface area (Å²) in [4.78, 5) is 42.5. The summed E-state index contributed by atoms with van der Waals surface area (Å²) in [5.74, 6) is -0.357. The van der Waals surface area contributed by atoms with Gasteiger partial charge in [-0.2, -0.15) is 0 Å². The van der Waals surface area contributed by atoms with Crippen LogP contribution in [0.25, 0.3) is 0 Å². The second kappa shape index (κ2) is 8.31. The Labute approximate surface area is 156 Å². The van der Waals surface area contributed by atoms with E-state index < -0.39 is 5.97 Å². The lowest BCUT2D eigenvalue weighted by molar-refractivity contribution is -0.139. The third-order valence-corrected chi connectivity index (χ3v) is 5.32. The van der Waals surface area contributed by atoms with Gasteiger partial charge in [0.1, 0.15) is 0 Å². The highest BCUT2D eigenvalue weighted by Gasteiger charge is 2.15. The molecule has 0 aliphatic carbocycles. The first-order valence-electron chi connectivity index (χ1n) is 8.13. The van der Waals surface area contributed by atoms with Crippen molar-refractivity contribution in [3.05, 3.63) is 56.0 Å². The van der Waals surface area contributed by atoms with Crippen molar-refractivity contribution in [2.24, 2.45) is 0 Å². The number of nitrogens with zero attached hydrogens (tertiary/aromatic N) is 1. The molecule has 138 valence electrons. The molecule has 26 heavy (non-hydrogen) atoms. The summed E-state index contributed by atoms with van der Waals surface area (Å²) < 4.78 is 4.58. The Hall–Kier alpha value is -2.41. The largest absolute Gasteiger partial charge is 0.469 e. The first-order chi connectivity index (χ1) is 12.2. The van der Waals surface area contributed by atoms with Crippen LogP contribution in [-0.4, -0.2) is 34.6 Å². The average molecular weight is 374 g/mol. The molecule has 1 N–H and O–H groups in total. The zero-order valence-electron chi connectivity index (χ0n) is 15.6. The smallest absolute Gasteiger partial charge is 0.311 e. The van der Waals surface area contributed by atoms with E-state index in [0.717, 1.165) is 28.5 Å². The van der Waals surface area contributed by atoms with Crippen LogP contribution in [0, 0.1) is 27.7 Å². The van der Waals surface area contributed by atoms with Crippen LogP contribution < -0.4 is 5.56 Å². The van der Waals surface area contributed by atoms with E-state index in [-0.39, 0.29) is 23.5 Å². The second-order valence-electron chi connectivity index (χ2n) is 6.12. The zero-order valence-corrected chi connectivity index (χ0v) is 16.4. The SMILES string of the molecule is COC(=O)Cc1cc(=O)[nH]c(SCC(=O)c2cc(C)c(C)c(C)c2C)n1. The first-order valence-corrected chi connectivity index (χ1v) is 9.12. The first kappa shape index (κ1) is 19.9. The lowest BCUT2D eigenvalue weighted by Gasteiger charge is -2.13. The van der Waals surface area contributed by atoms with Gasteiger partial charge in [0, 0.05) is 11.6 Å². The molecule has 0 saturated heterocycles. The molecule has 0 fully saturated rings. The van der Waals surface area contributed by atoms with E-state index in [2.05, 4.69) is 14.7 Å². The molecule has 0 unspecified atom stereocenters. The van der Waals surface area contributed by atoms with E-state index in [1.54, 1.807) is 0 Å². The fraction of sp³-hybridized carbons (Fsp3) is 0.368. The highest BCUT2D eigenvalue weighted by atomic mass is 32.2. The quantitative estimate of drug-likeness (QED) is 0.362. The van der Waals surface area contributed by atoms with Gasteiger partial charge < -0.3 is 9.72 Å². The van der Waals surface area contributed by atoms with Crippen molar-refractivity contribution >= 4 is 23.5 Å². The number of hydrogen-bond acceptors (Lipinski definition) is 6. The molecule has 0 spiro atoms. The van der Waals surface area contributed by atoms with Crippen molar-refractivity contribution < 1.29 is 14.3 Å². The molecular formula is C19H22N2O4S. The van der Waals surface area contributed by atoms with Crippen molar-refractivity contribution in [2.75, 3.05) is 12.9 Å². The molecule has 6 nitrogen and oxygen atoms in total. The second-order valence-corrected chi connectivity index (χ2v) is 7.09. The van der Waals surface area contributed by atoms with Crippen LogP contribution in [0.15, 0.2) is 22.1 Å². The fourth-order valence-corrected chi connectivity index (χ4v) is 3.35. The number of methoxy groups -OCH3 is 1. The number of rotatable bonds is 6. The van der Waals surface area contributed by atoms with Crippen LogP contribution in [0.5, 0.6) is 0 Å². The topological polar surface area (TPSA) is 89.1 Å². The molecule has 2 rings (SSSR count). The number of ketones is 1. The number of esters is 1. The molecule has 0 radical (unpaired) electrons. The van der Waals surface area contributed by atoms with E-state index in [1.807, 2.05) is 33.8 Å². The van der Waals surface area contributed by atoms with Gasteiger partial charge in [-0.15, -0.1) is 0 Å². The summed E-state index contributed by atoms with van der Waals surface area (Å²) in [5, 5.41) is 0.308. The van der Waals surface area contributed by atoms with Gasteiger partial charge in [-0.05, 0) is 56.0 Å². The summed E-state index contributed by atoms with van der Waals surface area (Å²) in [6.07, 6.45) is -0.0859. The highest BCUT2D eigenvalue weighted by Crippen LogP contribution is 2.23. The third kappa shape index (κ3) is 4.60. The maximum Gasteiger partial charge on any atom is 0.311 e. The Kier molecular flexibility index (Phi) is 6.37. The van der Waals surface area contributed by atoms with Gasteiger partial charge >= 0.3 is 5.97 Å². The molecule has 0 aliphatic heterocycles. The molecule has 2 aromatic rings. The summed E-state index contributed by atoms with van der Waals surface area (Å²) in [6.45, 7) is 7.98. The molecule has 7 heteroatoms. The van der Waals surface area contributed by atoms with E-state index in [9.17, 15) is 14.4 Å². The van der Waals surface area contributed by atoms with Crippen molar-refractivity contribution in [1.82, 2.24) is 9.97 Å². The van der Waals surface area contributed by atoms with E-state index in [0.29, 0.717) is 16.4 Å². The predicted octanol–water partition coefficient (Wildman–Crippen LogP) is 2.69. The summed E-state index contributed by atoms with van der Waals surface area (Å²) in [5.41, 5.74) is 4.98. The van der Waals surface area contributed by atoms with Crippen molar-refractivity contribution in [3.63, 3.8) is 0 Å². The zero-order chi connectivity index (χ0) is 19.4. The van der Waals surface area contributed by atoms with Gasteiger partial charge in [-0.25, -0.2) is 4.98 Å². The van der Waals surface area contributed by atoms with Crippen LogP contribution in [0.3, 0.4) is 0 Å². The molecule has 0 bridgehead atoms. The molecule has 1 aromatic carbocycles. The van der Waals surface area contributed by atoms with Gasteiger partial charge in [0.25, 0.3) is 5.56 Å². The van der Waals surface area contributed by atoms with E-state index in [4.69, 9.17) is 0 Å². The number of aryl methyl sites for hydroxylation is 1. The predicted molar refractivity (Wildman–Crippen MR) is 101 cm³/mol. The van der Waals surface area contributed by atoms with Crippen LogP contribution in [-0.2, 0) is 16.0 Å². The number of benzene rings is 1. The molecule has 0 atom stereocenters. The van der Waals surface area contributed by atoms with E-state index in [1.165, 1.54) is 18.7 Å². The molecule has 1 aromatic heterocycles. The number of ether oxygens (including phenoxy) is 1. The lowest BCUT2D eigenvalue weighted by atomic mass is 9.93. The van der Waals surface area contributed by atoms with Crippen LogP contribution >= 0.6 is 11.8 Å². The van der Waals surface area contributed by atoms with Crippen LogP contribution in [0.1, 0.15) is 38.3 Å². The minimum Gasteiger partial charge on any atom is -0.469 e. The van der Waals surface area contributed by atoms with Crippen molar-refractivity contribution in [3.8, 4) is 0 Å². The van der Waals surface area contributed by atoms with Gasteiger partial charge in [-0.3, -0.25) is 14.4 Å². The van der Waals surface area contributed by atoms with Crippen molar-refractivity contribution in [1.29, 1.82) is 0 Å². The normalized spacial score (nSPS) is 10.7. The molecule has 0 amide bonds. The number of carbonyl (C=O) groups is 2. The molecule has 1 heterocycles. The number of Topliss-reactive ketones (excluding diaryl/α,β-unsaturated/α-hetero) is 1. The number of H-pyrrole nitrogens is 1. The minimum atomic E-state index is -0.476. The Morgan fingerprint density at radius 3 is 2.46 bits per heavy atom. The Morgan fingerprint density at radius 1 is 1.12 bits per heavy atom. The number of aromatic nitrogens is 2. The molecular weight excluding hydrogens is 352 g/mol. The monoisotopic (exact) mass is 374 g/mol. The van der Waals surface area contributed by atoms with Gasteiger partial charge in [0.15, 0.2) is 10.9 Å². The van der Waals surface area contributed by atoms with Gasteiger partial charge in [0.2, 0.25) is 0 Å². The Morgan fingerprint density at radius 2 is 1.81 bits per heavy atom. The standard InChI is InChI=1S/C19H22N2O4S/c1-10-6-15(13(4)12(3)11(10)2)16(22)9-26-19-20-14(7-17(23)21-19)8-18(24)25-5/h6-7H,8-9H2,1-5H3,(H,20,21,23). The maximum absolute atomic E-state index is 12.6. The molecule has 0 saturated carbocycles. The summed E-state index contributed by atoms with van der Waals surface area (Å²) in [7, 11) is 1.28. The fourth-order valence-electron chi connectivity index (χ4n) is 2.58. The maximum atomic E-state index is 12.6. The Bertz CT molecular complexity index is 918. The van der Waals surface area contributed by atoms with Crippen LogP contribution in [0.2, 0.25) is 0 Å². The highest BCUT2D eigenvalue weighted by molar-refractivity contribution is 7.99. The third-order valence-electron chi connectivity index (χ3n) is 4.45. The number of nitrogens with one attached hydrogen (secondary N) is 1. The number of hydrogen-bond donors (Lipinski definition) is 1. The summed E-state index contributed by atoms with van der Waals surface area (Å²) >= 11 is 1.14. The molecule has 0 aliphatic rings. The van der Waals surface area contributed by atoms with E-state index >= 15 is 0 Å². The lowest BCUT2D eigenvalue weighted by Crippen LogP contribution is -2.15. The minimum absolute atomic E-state index is 0.0280. The summed E-state index contributed by atoms with van der Waals surface area (Å²) in [6, 6.07) is 3.16. The number of thioether (sulfide) groups is 1.